The maximum Gasteiger partial charge on any atom is 0.276 e. The molecule has 1 saturated heterocycles. The molecule has 4 rings (SSSR count). The molecular weight excluding hydrogens is 470 g/mol. The third-order valence-electron chi connectivity index (χ3n) is 5.35. The molecule has 3 aromatic carbocycles. The number of sulfonamides is 1. The molecular formula is C25H25N3O6S. The Labute approximate surface area is 203 Å². The Morgan fingerprint density at radius 3 is 2.37 bits per heavy atom. The van der Waals surface area contributed by atoms with Crippen molar-refractivity contribution >= 4 is 21.8 Å². The summed E-state index contributed by atoms with van der Waals surface area (Å²) in [6.45, 7) is 0.826. The lowest BCUT2D eigenvalue weighted by atomic mass is 10.1. The van der Waals surface area contributed by atoms with Gasteiger partial charge in [0.05, 0.1) is 18.1 Å². The average molecular weight is 496 g/mol. The van der Waals surface area contributed by atoms with Gasteiger partial charge < -0.3 is 9.47 Å². The Kier molecular flexibility index (Phi) is 7.76. The molecule has 1 heterocycles. The quantitative estimate of drug-likeness (QED) is 0.486. The highest BCUT2D eigenvalue weighted by Gasteiger charge is 2.27. The van der Waals surface area contributed by atoms with Crippen LogP contribution in [-0.2, 0) is 19.6 Å². The molecule has 182 valence electrons. The first-order valence-corrected chi connectivity index (χ1v) is 12.4. The topological polar surface area (TPSA) is 114 Å². The number of benzene rings is 3. The van der Waals surface area contributed by atoms with Gasteiger partial charge in [0.2, 0.25) is 10.0 Å². The van der Waals surface area contributed by atoms with Crippen LogP contribution >= 0.6 is 0 Å². The van der Waals surface area contributed by atoms with Crippen molar-refractivity contribution in [2.75, 3.05) is 32.9 Å². The monoisotopic (exact) mass is 495 g/mol. The van der Waals surface area contributed by atoms with E-state index in [1.54, 1.807) is 12.1 Å². The van der Waals surface area contributed by atoms with Crippen LogP contribution in [0.1, 0.15) is 10.4 Å². The Morgan fingerprint density at radius 2 is 1.60 bits per heavy atom. The predicted molar refractivity (Wildman–Crippen MR) is 129 cm³/mol. The molecule has 35 heavy (non-hydrogen) atoms. The summed E-state index contributed by atoms with van der Waals surface area (Å²) < 4.78 is 37.8. The maximum atomic E-state index is 12.8. The van der Waals surface area contributed by atoms with E-state index in [1.807, 2.05) is 42.5 Å². The summed E-state index contributed by atoms with van der Waals surface area (Å²) in [6, 6.07) is 22.6. The summed E-state index contributed by atoms with van der Waals surface area (Å²) in [5.74, 6) is -0.693. The van der Waals surface area contributed by atoms with Crippen LogP contribution in [0.4, 0.5) is 0 Å². The van der Waals surface area contributed by atoms with Crippen LogP contribution in [0.3, 0.4) is 0 Å². The van der Waals surface area contributed by atoms with Crippen molar-refractivity contribution in [1.82, 2.24) is 15.2 Å². The highest BCUT2D eigenvalue weighted by molar-refractivity contribution is 7.89. The number of amides is 2. The van der Waals surface area contributed by atoms with E-state index in [9.17, 15) is 18.0 Å². The lowest BCUT2D eigenvalue weighted by molar-refractivity contribution is -0.123. The van der Waals surface area contributed by atoms with E-state index in [2.05, 4.69) is 10.9 Å². The van der Waals surface area contributed by atoms with Crippen LogP contribution in [0.25, 0.3) is 11.1 Å². The fourth-order valence-electron chi connectivity index (χ4n) is 3.56. The van der Waals surface area contributed by atoms with Crippen molar-refractivity contribution in [3.8, 4) is 16.9 Å². The van der Waals surface area contributed by atoms with Crippen LogP contribution in [0.5, 0.6) is 5.75 Å². The summed E-state index contributed by atoms with van der Waals surface area (Å²) in [6.07, 6.45) is 0. The molecule has 0 unspecified atom stereocenters. The Morgan fingerprint density at radius 1 is 0.886 bits per heavy atom. The molecule has 0 radical (unpaired) electrons. The molecule has 1 fully saturated rings. The van der Waals surface area contributed by atoms with Crippen molar-refractivity contribution < 1.29 is 27.5 Å². The minimum atomic E-state index is -3.75. The number of ether oxygens (including phenoxy) is 2. The summed E-state index contributed by atoms with van der Waals surface area (Å²) in [4.78, 5) is 24.8. The van der Waals surface area contributed by atoms with Gasteiger partial charge in [0.15, 0.2) is 6.61 Å². The normalized spacial score (nSPS) is 14.2. The molecule has 10 heteroatoms. The van der Waals surface area contributed by atoms with Crippen molar-refractivity contribution in [2.45, 2.75) is 4.90 Å². The Bertz CT molecular complexity index is 1290. The molecule has 0 aliphatic carbocycles. The summed E-state index contributed by atoms with van der Waals surface area (Å²) in [5, 5.41) is 0. The zero-order chi connectivity index (χ0) is 24.7. The molecule has 1 aliphatic rings. The van der Waals surface area contributed by atoms with E-state index in [0.29, 0.717) is 19.0 Å². The Balaban J connectivity index is 1.34. The fourth-order valence-corrected chi connectivity index (χ4v) is 5.01. The van der Waals surface area contributed by atoms with Crippen molar-refractivity contribution in [3.63, 3.8) is 0 Å². The maximum absolute atomic E-state index is 12.8. The van der Waals surface area contributed by atoms with Gasteiger partial charge in [-0.2, -0.15) is 4.31 Å². The molecule has 2 amide bonds. The number of nitrogens with one attached hydrogen (secondary N) is 2. The minimum absolute atomic E-state index is 0.000714. The molecule has 9 nitrogen and oxygen atoms in total. The third-order valence-corrected chi connectivity index (χ3v) is 7.24. The van der Waals surface area contributed by atoms with E-state index in [0.717, 1.165) is 11.1 Å². The van der Waals surface area contributed by atoms with Crippen LogP contribution in [0.15, 0.2) is 83.8 Å². The molecule has 3 aromatic rings. The van der Waals surface area contributed by atoms with E-state index in [1.165, 1.54) is 28.6 Å². The van der Waals surface area contributed by atoms with E-state index in [-0.39, 0.29) is 30.2 Å². The summed E-state index contributed by atoms with van der Waals surface area (Å²) >= 11 is 0. The minimum Gasteiger partial charge on any atom is -0.483 e. The van der Waals surface area contributed by atoms with Gasteiger partial charge in [-0.3, -0.25) is 20.4 Å². The second-order valence-electron chi connectivity index (χ2n) is 7.70. The number of morpholine rings is 1. The van der Waals surface area contributed by atoms with Gasteiger partial charge in [-0.05, 0) is 29.8 Å². The lowest BCUT2D eigenvalue weighted by Gasteiger charge is -2.26. The van der Waals surface area contributed by atoms with Gasteiger partial charge in [0.1, 0.15) is 5.75 Å². The van der Waals surface area contributed by atoms with Crippen LogP contribution < -0.4 is 15.6 Å². The van der Waals surface area contributed by atoms with Gasteiger partial charge in [-0.1, -0.05) is 54.6 Å². The van der Waals surface area contributed by atoms with Gasteiger partial charge >= 0.3 is 0 Å². The molecule has 0 spiro atoms. The molecule has 2 N–H and O–H groups in total. The highest BCUT2D eigenvalue weighted by Crippen LogP contribution is 2.29. The molecule has 0 bridgehead atoms. The second-order valence-corrected chi connectivity index (χ2v) is 9.64. The molecule has 0 atom stereocenters. The zero-order valence-electron chi connectivity index (χ0n) is 18.8. The van der Waals surface area contributed by atoms with Gasteiger partial charge in [-0.15, -0.1) is 0 Å². The van der Waals surface area contributed by atoms with Crippen LogP contribution in [0.2, 0.25) is 0 Å². The fraction of sp³-hybridized carbons (Fsp3) is 0.200. The van der Waals surface area contributed by atoms with Gasteiger partial charge in [-0.25, -0.2) is 8.42 Å². The third kappa shape index (κ3) is 6.04. The second kappa shape index (κ2) is 11.1. The Hall–Kier alpha value is -3.73. The smallest absolute Gasteiger partial charge is 0.276 e. The first kappa shape index (κ1) is 24.4. The number of hydrazine groups is 1. The molecule has 0 aromatic heterocycles. The standard InChI is InChI=1S/C25H25N3O6S/c29-24(18-34-23-12-5-4-11-22(23)19-7-2-1-3-8-19)26-27-25(30)20-9-6-10-21(17-20)35(31,32)28-13-15-33-16-14-28/h1-12,17H,13-16,18H2,(H,26,29)(H,27,30). The number of carbonyl (C=O) groups excluding carboxylic acids is 2. The van der Waals surface area contributed by atoms with Crippen LogP contribution in [0, 0.1) is 0 Å². The number of rotatable bonds is 7. The van der Waals surface area contributed by atoms with E-state index >= 15 is 0 Å². The number of carbonyl (C=O) groups is 2. The number of hydrogen-bond acceptors (Lipinski definition) is 6. The summed E-state index contributed by atoms with van der Waals surface area (Å²) in [7, 11) is -3.75. The van der Waals surface area contributed by atoms with E-state index in [4.69, 9.17) is 9.47 Å². The first-order chi connectivity index (χ1) is 16.9. The van der Waals surface area contributed by atoms with Gasteiger partial charge in [0, 0.05) is 24.2 Å². The number of para-hydroxylation sites is 1. The highest BCUT2D eigenvalue weighted by atomic mass is 32.2. The SMILES string of the molecule is O=C(COc1ccccc1-c1ccccc1)NNC(=O)c1cccc(S(=O)(=O)N2CCOCC2)c1. The van der Waals surface area contributed by atoms with Crippen molar-refractivity contribution in [1.29, 1.82) is 0 Å². The first-order valence-electron chi connectivity index (χ1n) is 11.0. The number of nitrogens with zero attached hydrogens (tertiary/aromatic N) is 1. The lowest BCUT2D eigenvalue weighted by Crippen LogP contribution is -2.44. The van der Waals surface area contributed by atoms with Crippen molar-refractivity contribution in [2.24, 2.45) is 0 Å². The molecule has 1 aliphatic heterocycles. The zero-order valence-corrected chi connectivity index (χ0v) is 19.7. The summed E-state index contributed by atoms with van der Waals surface area (Å²) in [5.41, 5.74) is 6.46. The molecule has 0 saturated carbocycles. The van der Waals surface area contributed by atoms with Gasteiger partial charge in [0.25, 0.3) is 11.8 Å². The average Bonchev–Trinajstić information content (AvgIpc) is 2.91. The van der Waals surface area contributed by atoms with Crippen molar-refractivity contribution in [3.05, 3.63) is 84.4 Å². The largest absolute Gasteiger partial charge is 0.483 e. The predicted octanol–water partition coefficient (Wildman–Crippen LogP) is 2.21. The van der Waals surface area contributed by atoms with Crippen LogP contribution in [-0.4, -0.2) is 57.4 Å². The number of hydrogen-bond donors (Lipinski definition) is 2. The van der Waals surface area contributed by atoms with E-state index < -0.39 is 21.8 Å².